The largest absolute Gasteiger partial charge is 0.368 e. The smallest absolute Gasteiger partial charge is 0.264 e. The number of hydrogen-bond donors (Lipinski definition) is 2. The van der Waals surface area contributed by atoms with Gasteiger partial charge in [-0.25, -0.2) is 9.97 Å². The molecule has 3 heterocycles. The molecule has 9 heteroatoms. The van der Waals surface area contributed by atoms with Crippen LogP contribution >= 0.6 is 22.9 Å². The lowest BCUT2D eigenvalue weighted by atomic mass is 10.1. The van der Waals surface area contributed by atoms with E-state index in [4.69, 9.17) is 17.3 Å². The van der Waals surface area contributed by atoms with Crippen LogP contribution in [0.5, 0.6) is 0 Å². The van der Waals surface area contributed by atoms with Crippen LogP contribution in [0.4, 0.5) is 11.8 Å². The Morgan fingerprint density at radius 2 is 1.91 bits per heavy atom. The fraction of sp³-hybridized carbons (Fsp3) is 0.120. The number of nitrogens with one attached hydrogen (secondary N) is 1. The molecule has 1 atom stereocenters. The molecule has 0 unspecified atom stereocenters. The van der Waals surface area contributed by atoms with Gasteiger partial charge in [0, 0.05) is 23.0 Å². The maximum Gasteiger partial charge on any atom is 0.264 e. The van der Waals surface area contributed by atoms with Gasteiger partial charge in [0.15, 0.2) is 0 Å². The third-order valence-electron chi connectivity index (χ3n) is 5.54. The van der Waals surface area contributed by atoms with Crippen LogP contribution in [0.25, 0.3) is 27.7 Å². The van der Waals surface area contributed by atoms with Crippen molar-refractivity contribution >= 4 is 45.5 Å². The van der Waals surface area contributed by atoms with Crippen LogP contribution in [0.1, 0.15) is 23.7 Å². The molecular formula is C25H21ClN6OS. The average Bonchev–Trinajstić information content (AvgIpc) is 3.25. The highest BCUT2D eigenvalue weighted by atomic mass is 35.5. The number of fused-ring (bicyclic) bond motifs is 1. The van der Waals surface area contributed by atoms with Crippen LogP contribution in [0.3, 0.4) is 0 Å². The maximum atomic E-state index is 13.7. The van der Waals surface area contributed by atoms with Crippen molar-refractivity contribution in [3.8, 4) is 16.9 Å². The van der Waals surface area contributed by atoms with Crippen molar-refractivity contribution in [3.05, 3.63) is 92.3 Å². The number of para-hydroxylation sites is 1. The molecule has 0 aliphatic heterocycles. The molecule has 3 N–H and O–H groups in total. The second-order valence-corrected chi connectivity index (χ2v) is 9.33. The molecule has 5 rings (SSSR count). The lowest BCUT2D eigenvalue weighted by Crippen LogP contribution is -2.26. The molecule has 0 saturated carbocycles. The Morgan fingerprint density at radius 3 is 2.65 bits per heavy atom. The number of nitrogens with two attached hydrogens (primary N) is 1. The van der Waals surface area contributed by atoms with Crippen molar-refractivity contribution in [1.82, 2.24) is 19.5 Å². The molecule has 7 nitrogen and oxygen atoms in total. The summed E-state index contributed by atoms with van der Waals surface area (Å²) in [5.41, 5.74) is 8.73. The van der Waals surface area contributed by atoms with E-state index in [1.54, 1.807) is 28.2 Å². The summed E-state index contributed by atoms with van der Waals surface area (Å²) in [6.07, 6.45) is 1.66. The topological polar surface area (TPSA) is 98.7 Å². The van der Waals surface area contributed by atoms with Gasteiger partial charge in [0.25, 0.3) is 5.56 Å². The molecule has 0 spiro atoms. The summed E-state index contributed by atoms with van der Waals surface area (Å²) in [7, 11) is 0. The van der Waals surface area contributed by atoms with Gasteiger partial charge < -0.3 is 11.1 Å². The van der Waals surface area contributed by atoms with Gasteiger partial charge >= 0.3 is 0 Å². The summed E-state index contributed by atoms with van der Waals surface area (Å²) in [4.78, 5) is 26.8. The van der Waals surface area contributed by atoms with Crippen molar-refractivity contribution in [3.63, 3.8) is 0 Å². The number of hydrogen-bond acceptors (Lipinski definition) is 7. The van der Waals surface area contributed by atoms with Crippen molar-refractivity contribution in [2.45, 2.75) is 19.9 Å². The number of anilines is 2. The Balaban J connectivity index is 1.67. The number of nitrogen functional groups attached to an aromatic ring is 1. The first-order valence-corrected chi connectivity index (χ1v) is 11.9. The van der Waals surface area contributed by atoms with Gasteiger partial charge in [-0.1, -0.05) is 41.9 Å². The fourth-order valence-corrected chi connectivity index (χ4v) is 4.84. The second kappa shape index (κ2) is 8.89. The number of rotatable bonds is 5. The van der Waals surface area contributed by atoms with E-state index < -0.39 is 0 Å². The lowest BCUT2D eigenvalue weighted by molar-refractivity contribution is 0.773. The molecule has 0 saturated heterocycles. The number of thiazole rings is 1. The Kier molecular flexibility index (Phi) is 5.77. The summed E-state index contributed by atoms with van der Waals surface area (Å²) >= 11 is 7.97. The van der Waals surface area contributed by atoms with Gasteiger partial charge in [-0.2, -0.15) is 4.98 Å². The Hall–Kier alpha value is -3.75. The summed E-state index contributed by atoms with van der Waals surface area (Å²) in [6, 6.07) is 16.6. The van der Waals surface area contributed by atoms with E-state index in [2.05, 4.69) is 20.3 Å². The highest BCUT2D eigenvalue weighted by Crippen LogP contribution is 2.31. The molecule has 170 valence electrons. The van der Waals surface area contributed by atoms with E-state index in [1.807, 2.05) is 67.8 Å². The molecule has 0 radical (unpaired) electrons. The molecule has 34 heavy (non-hydrogen) atoms. The minimum atomic E-state index is -0.316. The van der Waals surface area contributed by atoms with Crippen LogP contribution in [0.15, 0.2) is 71.0 Å². The average molecular weight is 489 g/mol. The molecule has 0 aliphatic rings. The minimum absolute atomic E-state index is 0.149. The second-order valence-electron chi connectivity index (χ2n) is 7.86. The predicted octanol–water partition coefficient (Wildman–Crippen LogP) is 5.62. The molecule has 3 aromatic heterocycles. The number of halogens is 1. The van der Waals surface area contributed by atoms with Gasteiger partial charge in [-0.15, -0.1) is 11.3 Å². The predicted molar refractivity (Wildman–Crippen MR) is 139 cm³/mol. The minimum Gasteiger partial charge on any atom is -0.368 e. The van der Waals surface area contributed by atoms with Crippen LogP contribution in [-0.2, 0) is 0 Å². The Labute approximate surface area is 204 Å². The van der Waals surface area contributed by atoms with E-state index in [0.717, 1.165) is 33.0 Å². The Morgan fingerprint density at radius 1 is 1.12 bits per heavy atom. The summed E-state index contributed by atoms with van der Waals surface area (Å²) < 4.78 is 1.68. The number of aryl methyl sites for hydroxylation is 1. The van der Waals surface area contributed by atoms with E-state index >= 15 is 0 Å². The van der Waals surface area contributed by atoms with Crippen LogP contribution < -0.4 is 16.6 Å². The van der Waals surface area contributed by atoms with E-state index in [9.17, 15) is 4.79 Å². The standard InChI is InChI=1S/C25H21ClN6OS/c1-14(29-23-18(12-28-25(27)31-23)20-13-34-15(2)30-20)21-11-16-7-6-10-19(26)22(16)24(33)32(21)17-8-4-3-5-9-17/h3-14H,1-2H3,(H3,27,28,29,31)/t14-/m0/s1. The summed E-state index contributed by atoms with van der Waals surface area (Å²) in [5.74, 6) is 0.694. The Bertz CT molecular complexity index is 1560. The first kappa shape index (κ1) is 22.1. The number of benzene rings is 2. The molecule has 0 bridgehead atoms. The summed E-state index contributed by atoms with van der Waals surface area (Å²) in [5, 5.41) is 8.00. The van der Waals surface area contributed by atoms with Crippen molar-refractivity contribution in [1.29, 1.82) is 0 Å². The highest BCUT2D eigenvalue weighted by Gasteiger charge is 2.20. The number of aromatic nitrogens is 4. The SMILES string of the molecule is Cc1nc(-c2cnc(N)nc2N[C@@H](C)c2cc3cccc(Cl)c3c(=O)n2-c2ccccc2)cs1. The third kappa shape index (κ3) is 4.02. The maximum absolute atomic E-state index is 13.7. The lowest BCUT2D eigenvalue weighted by Gasteiger charge is -2.22. The molecule has 5 aromatic rings. The number of pyridine rings is 1. The quantitative estimate of drug-likeness (QED) is 0.333. The molecule has 0 aliphatic carbocycles. The molecule has 2 aromatic carbocycles. The summed E-state index contributed by atoms with van der Waals surface area (Å²) in [6.45, 7) is 3.92. The first-order chi connectivity index (χ1) is 16.4. The van der Waals surface area contributed by atoms with Gasteiger partial charge in [0.2, 0.25) is 5.95 Å². The zero-order valence-corrected chi connectivity index (χ0v) is 20.1. The normalized spacial score (nSPS) is 12.1. The van der Waals surface area contributed by atoms with E-state index in [0.29, 0.717) is 16.2 Å². The van der Waals surface area contributed by atoms with Gasteiger partial charge in [0.05, 0.1) is 32.7 Å². The molecular weight excluding hydrogens is 468 g/mol. The zero-order chi connectivity index (χ0) is 23.8. The van der Waals surface area contributed by atoms with Crippen LogP contribution in [0.2, 0.25) is 5.02 Å². The van der Waals surface area contributed by atoms with Gasteiger partial charge in [-0.05, 0) is 43.5 Å². The molecule has 0 amide bonds. The monoisotopic (exact) mass is 488 g/mol. The first-order valence-electron chi connectivity index (χ1n) is 10.6. The van der Waals surface area contributed by atoms with E-state index in [1.165, 1.54) is 0 Å². The third-order valence-corrected chi connectivity index (χ3v) is 6.63. The van der Waals surface area contributed by atoms with E-state index in [-0.39, 0.29) is 17.5 Å². The van der Waals surface area contributed by atoms with Crippen LogP contribution in [0, 0.1) is 6.92 Å². The number of nitrogens with zero attached hydrogens (tertiary/aromatic N) is 4. The van der Waals surface area contributed by atoms with Crippen molar-refractivity contribution in [2.24, 2.45) is 0 Å². The highest BCUT2D eigenvalue weighted by molar-refractivity contribution is 7.09. The van der Waals surface area contributed by atoms with Gasteiger partial charge in [0.1, 0.15) is 5.82 Å². The zero-order valence-electron chi connectivity index (χ0n) is 18.5. The van der Waals surface area contributed by atoms with Gasteiger partial charge in [-0.3, -0.25) is 9.36 Å². The molecule has 0 fully saturated rings. The fourth-order valence-electron chi connectivity index (χ4n) is 3.96. The van der Waals surface area contributed by atoms with Crippen molar-refractivity contribution in [2.75, 3.05) is 11.1 Å². The van der Waals surface area contributed by atoms with Crippen molar-refractivity contribution < 1.29 is 0 Å². The van der Waals surface area contributed by atoms with Crippen LogP contribution in [-0.4, -0.2) is 19.5 Å².